The number of nitrogens with zero attached hydrogens (tertiary/aromatic N) is 2. The number of fused-ring (bicyclic) bond motifs is 1. The van der Waals surface area contributed by atoms with E-state index in [1.165, 1.54) is 6.07 Å². The molecule has 3 nitrogen and oxygen atoms in total. The second-order valence-electron chi connectivity index (χ2n) is 4.36. The van der Waals surface area contributed by atoms with Gasteiger partial charge < -0.3 is 5.32 Å². The Balaban J connectivity index is 1.77. The number of hydrogen-bond acceptors (Lipinski definition) is 3. The lowest BCUT2D eigenvalue weighted by molar-refractivity contribution is 0.626. The summed E-state index contributed by atoms with van der Waals surface area (Å²) in [5, 5.41) is 3.36. The van der Waals surface area contributed by atoms with Crippen LogP contribution in [0.3, 0.4) is 0 Å². The number of nitrogens with one attached hydrogen (secondary N) is 1. The third-order valence-electron chi connectivity index (χ3n) is 2.95. The van der Waals surface area contributed by atoms with Gasteiger partial charge in [0.05, 0.1) is 16.1 Å². The summed E-state index contributed by atoms with van der Waals surface area (Å²) in [4.78, 5) is 8.45. The number of aromatic nitrogens is 2. The lowest BCUT2D eigenvalue weighted by atomic mass is 10.2. The van der Waals surface area contributed by atoms with E-state index in [2.05, 4.69) is 15.3 Å². The van der Waals surface area contributed by atoms with Crippen molar-refractivity contribution in [3.8, 4) is 0 Å². The van der Waals surface area contributed by atoms with E-state index >= 15 is 0 Å². The van der Waals surface area contributed by atoms with E-state index in [-0.39, 0.29) is 5.02 Å². The Labute approximate surface area is 120 Å². The lowest BCUT2D eigenvalue weighted by Crippen LogP contribution is -2.00. The first-order valence-corrected chi connectivity index (χ1v) is 6.49. The van der Waals surface area contributed by atoms with Crippen molar-refractivity contribution in [1.29, 1.82) is 0 Å². The van der Waals surface area contributed by atoms with Crippen molar-refractivity contribution in [3.63, 3.8) is 0 Å². The van der Waals surface area contributed by atoms with Crippen LogP contribution in [-0.4, -0.2) is 9.97 Å². The molecule has 1 aromatic heterocycles. The van der Waals surface area contributed by atoms with Crippen LogP contribution in [0.4, 0.5) is 10.1 Å². The second kappa shape index (κ2) is 5.43. The molecule has 0 bridgehead atoms. The Morgan fingerprint density at radius 1 is 1.00 bits per heavy atom. The van der Waals surface area contributed by atoms with Gasteiger partial charge in [0.2, 0.25) is 0 Å². The first-order valence-electron chi connectivity index (χ1n) is 6.11. The normalized spacial score (nSPS) is 10.7. The van der Waals surface area contributed by atoms with Crippen LogP contribution in [0.5, 0.6) is 0 Å². The summed E-state index contributed by atoms with van der Waals surface area (Å²) in [6, 6.07) is 10.5. The first kappa shape index (κ1) is 12.8. The maximum absolute atomic E-state index is 13.3. The molecule has 0 fully saturated rings. The molecule has 3 aromatic rings. The molecular weight excluding hydrogens is 277 g/mol. The van der Waals surface area contributed by atoms with E-state index < -0.39 is 5.82 Å². The van der Waals surface area contributed by atoms with E-state index in [1.807, 2.05) is 18.2 Å². The highest BCUT2D eigenvalue weighted by molar-refractivity contribution is 6.30. The summed E-state index contributed by atoms with van der Waals surface area (Å²) in [7, 11) is 0. The smallest absolute Gasteiger partial charge is 0.142 e. The van der Waals surface area contributed by atoms with E-state index in [0.29, 0.717) is 6.54 Å². The third-order valence-corrected chi connectivity index (χ3v) is 3.26. The summed E-state index contributed by atoms with van der Waals surface area (Å²) in [5.41, 5.74) is 3.40. The zero-order chi connectivity index (χ0) is 13.9. The molecule has 2 aromatic carbocycles. The van der Waals surface area contributed by atoms with Gasteiger partial charge in [0.15, 0.2) is 0 Å². The van der Waals surface area contributed by atoms with Crippen LogP contribution >= 0.6 is 11.6 Å². The molecule has 20 heavy (non-hydrogen) atoms. The topological polar surface area (TPSA) is 37.8 Å². The number of benzene rings is 2. The number of halogens is 2. The molecule has 0 spiro atoms. The van der Waals surface area contributed by atoms with Crippen molar-refractivity contribution in [2.45, 2.75) is 6.54 Å². The molecule has 0 amide bonds. The van der Waals surface area contributed by atoms with Crippen molar-refractivity contribution < 1.29 is 4.39 Å². The van der Waals surface area contributed by atoms with Crippen molar-refractivity contribution in [2.75, 3.05) is 5.32 Å². The van der Waals surface area contributed by atoms with Crippen LogP contribution < -0.4 is 5.32 Å². The highest BCUT2D eigenvalue weighted by Gasteiger charge is 2.02. The monoisotopic (exact) mass is 287 g/mol. The highest BCUT2D eigenvalue weighted by atomic mass is 35.5. The number of hydrogen-bond donors (Lipinski definition) is 1. The summed E-state index contributed by atoms with van der Waals surface area (Å²) in [6.07, 6.45) is 3.31. The molecule has 0 saturated carbocycles. The van der Waals surface area contributed by atoms with Crippen LogP contribution in [-0.2, 0) is 6.54 Å². The zero-order valence-corrected chi connectivity index (χ0v) is 11.2. The molecule has 0 radical (unpaired) electrons. The van der Waals surface area contributed by atoms with Gasteiger partial charge in [0.25, 0.3) is 0 Å². The van der Waals surface area contributed by atoms with Crippen LogP contribution in [0, 0.1) is 5.82 Å². The molecule has 1 N–H and O–H groups in total. The fraction of sp³-hybridized carbons (Fsp3) is 0.0667. The summed E-state index contributed by atoms with van der Waals surface area (Å²) in [6.45, 7) is 0.514. The molecule has 5 heteroatoms. The van der Waals surface area contributed by atoms with Gasteiger partial charge in [0.1, 0.15) is 5.82 Å². The molecule has 3 rings (SSSR count). The Morgan fingerprint density at radius 3 is 2.60 bits per heavy atom. The van der Waals surface area contributed by atoms with E-state index in [0.717, 1.165) is 22.3 Å². The van der Waals surface area contributed by atoms with Crippen molar-refractivity contribution in [2.24, 2.45) is 0 Å². The average molecular weight is 288 g/mol. The molecule has 1 heterocycles. The second-order valence-corrected chi connectivity index (χ2v) is 4.77. The largest absolute Gasteiger partial charge is 0.381 e. The van der Waals surface area contributed by atoms with E-state index in [4.69, 9.17) is 11.6 Å². The van der Waals surface area contributed by atoms with Gasteiger partial charge in [-0.3, -0.25) is 9.97 Å². The predicted octanol–water partition coefficient (Wildman–Crippen LogP) is 4.03. The van der Waals surface area contributed by atoms with E-state index in [9.17, 15) is 4.39 Å². The molecule has 0 aliphatic carbocycles. The summed E-state index contributed by atoms with van der Waals surface area (Å²) < 4.78 is 13.3. The van der Waals surface area contributed by atoms with Gasteiger partial charge >= 0.3 is 0 Å². The predicted molar refractivity (Wildman–Crippen MR) is 78.3 cm³/mol. The molecule has 100 valence electrons. The SMILES string of the molecule is Fc1cc(CNc2ccc3nccnc3c2)ccc1Cl. The van der Waals surface area contributed by atoms with Gasteiger partial charge in [-0.1, -0.05) is 17.7 Å². The summed E-state index contributed by atoms with van der Waals surface area (Å²) in [5.74, 6) is -0.407. The van der Waals surface area contributed by atoms with E-state index in [1.54, 1.807) is 24.5 Å². The minimum Gasteiger partial charge on any atom is -0.381 e. The fourth-order valence-corrected chi connectivity index (χ4v) is 2.04. The highest BCUT2D eigenvalue weighted by Crippen LogP contribution is 2.18. The first-order chi connectivity index (χ1) is 9.72. The third kappa shape index (κ3) is 2.70. The Kier molecular flexibility index (Phi) is 3.48. The Hall–Kier alpha value is -2.20. The van der Waals surface area contributed by atoms with Crippen molar-refractivity contribution >= 4 is 28.3 Å². The van der Waals surface area contributed by atoms with Gasteiger partial charge in [-0.2, -0.15) is 0 Å². The fourth-order valence-electron chi connectivity index (χ4n) is 1.93. The quantitative estimate of drug-likeness (QED) is 0.790. The minimum atomic E-state index is -0.407. The van der Waals surface area contributed by atoms with Crippen LogP contribution in [0.1, 0.15) is 5.56 Å². The van der Waals surface area contributed by atoms with Crippen LogP contribution in [0.25, 0.3) is 11.0 Å². The molecule has 0 saturated heterocycles. The molecule has 0 unspecified atom stereocenters. The standard InChI is InChI=1S/C15H11ClFN3/c16-12-3-1-10(7-13(12)17)9-20-11-2-4-14-15(8-11)19-6-5-18-14/h1-8,20H,9H2. The molecule has 0 atom stereocenters. The maximum atomic E-state index is 13.3. The Bertz CT molecular complexity index is 761. The summed E-state index contributed by atoms with van der Waals surface area (Å²) >= 11 is 5.65. The van der Waals surface area contributed by atoms with Crippen molar-refractivity contribution in [3.05, 3.63) is 65.2 Å². The lowest BCUT2D eigenvalue weighted by Gasteiger charge is -2.07. The minimum absolute atomic E-state index is 0.134. The maximum Gasteiger partial charge on any atom is 0.142 e. The van der Waals surface area contributed by atoms with Gasteiger partial charge in [0, 0.05) is 24.6 Å². The number of anilines is 1. The van der Waals surface area contributed by atoms with Crippen LogP contribution in [0.15, 0.2) is 48.8 Å². The van der Waals surface area contributed by atoms with Crippen molar-refractivity contribution in [1.82, 2.24) is 9.97 Å². The van der Waals surface area contributed by atoms with Gasteiger partial charge in [-0.15, -0.1) is 0 Å². The average Bonchev–Trinajstić information content (AvgIpc) is 2.48. The molecule has 0 aliphatic heterocycles. The zero-order valence-electron chi connectivity index (χ0n) is 10.5. The van der Waals surface area contributed by atoms with Gasteiger partial charge in [-0.05, 0) is 35.9 Å². The molecule has 0 aliphatic rings. The van der Waals surface area contributed by atoms with Crippen LogP contribution in [0.2, 0.25) is 5.02 Å². The Morgan fingerprint density at radius 2 is 1.80 bits per heavy atom. The van der Waals surface area contributed by atoms with Gasteiger partial charge in [-0.25, -0.2) is 4.39 Å². The number of rotatable bonds is 3. The molecular formula is C15H11ClFN3.